The smallest absolute Gasteiger partial charge is 0.174 e. The van der Waals surface area contributed by atoms with Gasteiger partial charge in [-0.15, -0.1) is 0 Å². The molecular formula is C49H45FO15. The molecule has 0 saturated heterocycles. The van der Waals surface area contributed by atoms with Gasteiger partial charge in [-0.3, -0.25) is 18.8 Å². The molecule has 0 unspecified atom stereocenters. The number of alkyl halides is 1. The number of fused-ring (bicyclic) bond motifs is 3. The predicted octanol–water partition coefficient (Wildman–Crippen LogP) is 9.02. The van der Waals surface area contributed by atoms with Crippen LogP contribution in [0.25, 0.3) is 0 Å². The Bertz CT molecular complexity index is 2690. The van der Waals surface area contributed by atoms with Gasteiger partial charge < -0.3 is 59.1 Å². The number of ether oxygens (including phenoxy) is 6. The monoisotopic (exact) mass is 893 g/mol. The summed E-state index contributed by atoms with van der Waals surface area (Å²) in [5.74, 6) is 1.41. The van der Waals surface area contributed by atoms with Gasteiger partial charge in [0.15, 0.2) is 17.3 Å². The van der Waals surface area contributed by atoms with Crippen LogP contribution in [0.15, 0.2) is 109 Å². The van der Waals surface area contributed by atoms with Crippen LogP contribution in [-0.2, 0) is 0 Å². The van der Waals surface area contributed by atoms with Crippen molar-refractivity contribution in [2.24, 2.45) is 0 Å². The van der Waals surface area contributed by atoms with Crippen molar-refractivity contribution in [3.05, 3.63) is 143 Å². The van der Waals surface area contributed by atoms with Crippen LogP contribution in [0.2, 0.25) is 0 Å². The molecule has 0 amide bonds. The number of carbonyl (C=O) groups excluding carboxylic acids is 3. The summed E-state index contributed by atoms with van der Waals surface area (Å²) in [5.41, 5.74) is 2.90. The number of carbonyl (C=O) groups is 3. The highest BCUT2D eigenvalue weighted by Gasteiger charge is 2.33. The molecule has 3 aliphatic heterocycles. The third-order valence-electron chi connectivity index (χ3n) is 10.4. The summed E-state index contributed by atoms with van der Waals surface area (Å²) in [6, 6.07) is 28.6. The second-order valence-electron chi connectivity index (χ2n) is 14.5. The maximum absolute atomic E-state index is 12.3. The number of aromatic hydroxyl groups is 6. The van der Waals surface area contributed by atoms with Gasteiger partial charge >= 0.3 is 0 Å². The molecule has 3 atom stereocenters. The van der Waals surface area contributed by atoms with E-state index < -0.39 is 25.5 Å². The normalized spacial score (nSPS) is 16.8. The van der Waals surface area contributed by atoms with Crippen LogP contribution in [0.5, 0.6) is 69.0 Å². The zero-order valence-corrected chi connectivity index (χ0v) is 35.2. The zero-order valence-electron chi connectivity index (χ0n) is 36.2. The Morgan fingerprint density at radius 3 is 1.11 bits per heavy atom. The lowest BCUT2D eigenvalue weighted by Crippen LogP contribution is -2.20. The van der Waals surface area contributed by atoms with Crippen LogP contribution in [-0.4, -0.2) is 76.5 Å². The van der Waals surface area contributed by atoms with Gasteiger partial charge in [-0.05, 0) is 53.1 Å². The highest BCUT2D eigenvalue weighted by atomic mass is 19.1. The quantitative estimate of drug-likeness (QED) is 0.0917. The molecule has 0 bridgehead atoms. The Morgan fingerprint density at radius 1 is 0.462 bits per heavy atom. The Balaban J connectivity index is 0.000000159. The van der Waals surface area contributed by atoms with E-state index in [1.54, 1.807) is 55.6 Å². The van der Waals surface area contributed by atoms with Gasteiger partial charge in [0.2, 0.25) is 0 Å². The van der Waals surface area contributed by atoms with Gasteiger partial charge in [0.05, 0.1) is 49.1 Å². The summed E-state index contributed by atoms with van der Waals surface area (Å²) >= 11 is 0. The molecule has 6 N–H and O–H groups in total. The Morgan fingerprint density at radius 2 is 0.769 bits per heavy atom. The van der Waals surface area contributed by atoms with Crippen molar-refractivity contribution in [2.45, 2.75) is 37.6 Å². The molecule has 0 aliphatic carbocycles. The molecule has 16 heteroatoms. The minimum atomic E-state index is -1.00. The minimum Gasteiger partial charge on any atom is -0.508 e. The number of hydrogen-bond donors (Lipinski definition) is 6. The van der Waals surface area contributed by atoms with Crippen molar-refractivity contribution in [1.29, 1.82) is 0 Å². The minimum absolute atomic E-state index is 0.0934. The van der Waals surface area contributed by atoms with Crippen molar-refractivity contribution in [2.75, 3.05) is 28.5 Å². The van der Waals surface area contributed by atoms with Gasteiger partial charge in [-0.25, -0.2) is 0 Å². The van der Waals surface area contributed by atoms with Crippen LogP contribution < -0.4 is 28.4 Å². The van der Waals surface area contributed by atoms with E-state index in [-0.39, 0.29) is 93.5 Å². The lowest BCUT2D eigenvalue weighted by Gasteiger charge is -2.26. The molecule has 9 rings (SSSR count). The average Bonchev–Trinajstić information content (AvgIpc) is 3.29. The summed E-state index contributed by atoms with van der Waals surface area (Å²) in [5, 5.41) is 57.6. The molecule has 0 spiro atoms. The first-order valence-corrected chi connectivity index (χ1v) is 19.7. The summed E-state index contributed by atoms with van der Waals surface area (Å²) in [4.78, 5) is 36.6. The van der Waals surface area contributed by atoms with Crippen molar-refractivity contribution in [3.63, 3.8) is 0 Å². The third-order valence-corrected chi connectivity index (χ3v) is 10.4. The van der Waals surface area contributed by atoms with E-state index >= 15 is 0 Å². The van der Waals surface area contributed by atoms with Crippen molar-refractivity contribution in [1.82, 2.24) is 0 Å². The number of rotatable bonds is 6. The molecule has 338 valence electrons. The van der Waals surface area contributed by atoms with Crippen LogP contribution in [0.3, 0.4) is 0 Å². The van der Waals surface area contributed by atoms with Crippen LogP contribution in [0.1, 0.15) is 86.7 Å². The predicted molar refractivity (Wildman–Crippen MR) is 232 cm³/mol. The molecule has 0 fully saturated rings. The van der Waals surface area contributed by atoms with E-state index in [4.69, 9.17) is 29.8 Å². The number of ketones is 3. The molecule has 6 aromatic carbocycles. The lowest BCUT2D eigenvalue weighted by molar-refractivity contribution is 0.0834. The van der Waals surface area contributed by atoms with Gasteiger partial charge in [-0.1, -0.05) is 36.4 Å². The average molecular weight is 894 g/mol. The maximum Gasteiger partial charge on any atom is 0.174 e. The van der Waals surface area contributed by atoms with Gasteiger partial charge in [0.25, 0.3) is 0 Å². The summed E-state index contributed by atoms with van der Waals surface area (Å²) in [6.45, 7) is 0. The Hall–Kier alpha value is -8.14. The van der Waals surface area contributed by atoms with Gasteiger partial charge in [-0.2, -0.15) is 0 Å². The number of halogens is 1. The second kappa shape index (κ2) is 20.4. The zero-order chi connectivity index (χ0) is 47.7. The van der Waals surface area contributed by atoms with Crippen molar-refractivity contribution < 1.29 is 79.2 Å². The van der Waals surface area contributed by atoms with E-state index in [0.717, 1.165) is 28.5 Å². The van der Waals surface area contributed by atoms with E-state index in [0.29, 0.717) is 23.0 Å². The summed E-state index contributed by atoms with van der Waals surface area (Å²) in [7, 11) is 3.57. The van der Waals surface area contributed by atoms with E-state index in [2.05, 4.69) is 0 Å². The third kappa shape index (κ3) is 10.6. The SMILES string of the molecule is COc1cc(O)c2c(c1)O[C@H](c1ccc(O)cc1)CC2=O.COc1ccc([C@@H]2CC(=O)c3c(O)cc(OC)cc3O2)cc1.O=C1C[C@@H](c2ccc(O)cc2)Oc2cc(O)cc(O)c21.[2H]CF. The molecule has 0 radical (unpaired) electrons. The fourth-order valence-electron chi connectivity index (χ4n) is 7.24. The largest absolute Gasteiger partial charge is 0.508 e. The van der Waals surface area contributed by atoms with E-state index in [9.17, 15) is 49.4 Å². The number of phenolic OH excluding ortho intramolecular Hbond substituents is 6. The molecule has 0 saturated carbocycles. The van der Waals surface area contributed by atoms with Crippen molar-refractivity contribution >= 4 is 17.3 Å². The number of Topliss-reactive ketones (excluding diaryl/α,β-unsaturated/α-hetero) is 3. The number of benzene rings is 6. The maximum atomic E-state index is 12.3. The van der Waals surface area contributed by atoms with Gasteiger partial charge in [0, 0.05) is 36.4 Å². The highest BCUT2D eigenvalue weighted by molar-refractivity contribution is 6.04. The van der Waals surface area contributed by atoms with Gasteiger partial charge in [0.1, 0.15) is 104 Å². The molecular weight excluding hydrogens is 848 g/mol. The Labute approximate surface area is 373 Å². The topological polar surface area (TPSA) is 228 Å². The lowest BCUT2D eigenvalue weighted by atomic mass is 9.95. The Kier molecular flexibility index (Phi) is 14.1. The number of hydrogen-bond acceptors (Lipinski definition) is 15. The van der Waals surface area contributed by atoms with Crippen molar-refractivity contribution in [3.8, 4) is 69.0 Å². The first-order valence-electron chi connectivity index (χ1n) is 20.4. The van der Waals surface area contributed by atoms with Crippen LogP contribution in [0.4, 0.5) is 4.39 Å². The fourth-order valence-corrected chi connectivity index (χ4v) is 7.24. The fraction of sp³-hybridized carbons (Fsp3) is 0.204. The molecule has 6 aromatic rings. The first-order chi connectivity index (χ1) is 31.7. The summed E-state index contributed by atoms with van der Waals surface area (Å²) in [6.07, 6.45) is -0.932. The van der Waals surface area contributed by atoms with Crippen LogP contribution >= 0.6 is 0 Å². The molecule has 3 heterocycles. The molecule has 65 heavy (non-hydrogen) atoms. The molecule has 0 aromatic heterocycles. The second-order valence-corrected chi connectivity index (χ2v) is 14.5. The first kappa shape index (κ1) is 44.9. The highest BCUT2D eigenvalue weighted by Crippen LogP contribution is 2.44. The van der Waals surface area contributed by atoms with E-state index in [1.165, 1.54) is 44.6 Å². The standard InChI is InChI=1S/C17H16O5.C16H14O5.C15H12O5.CH3F/c1-20-11-5-3-10(4-6-11)15-9-14(19)17-13(18)7-12(21-2)8-16(17)22-15;1-20-11-6-12(18)16-13(19)8-14(21-15(16)7-11)9-2-4-10(17)5-3-9;16-9-3-1-8(2-4-9)13-7-12(19)15-11(18)5-10(17)6-14(15)20-13;1-2/h3-8,15,18H,9H2,1-2H3;2-7,14,17-18H,8H2,1H3;1-6,13,16-18H,7H2;1H3/t15-;14-;13-;/m000./s1/i;;;1D. The van der Waals surface area contributed by atoms with Crippen LogP contribution in [0, 0.1) is 0 Å². The number of phenols is 6. The number of methoxy groups -OCH3 is 3. The molecule has 3 aliphatic rings. The van der Waals surface area contributed by atoms with E-state index in [1.807, 2.05) is 24.3 Å². The summed E-state index contributed by atoms with van der Waals surface area (Å²) < 4.78 is 48.2. The molecule has 15 nitrogen and oxygen atoms in total.